The van der Waals surface area contributed by atoms with E-state index in [0.717, 1.165) is 0 Å². The third kappa shape index (κ3) is 3.22. The van der Waals surface area contributed by atoms with Gasteiger partial charge in [-0.2, -0.15) is 5.26 Å². The molecule has 2 rings (SSSR count). The average molecular weight is 383 g/mol. The standard InChI is InChI=1S/C14H11FIN3O/c1-8(2)20-13-5-9(15)3-4-10(13)12-7-18-14(16)11(6-17)19-12/h3-5,7-8H,1-2H3. The Bertz CT molecular complexity index is 683. The van der Waals surface area contributed by atoms with Gasteiger partial charge in [0.2, 0.25) is 0 Å². The second kappa shape index (κ2) is 6.13. The first kappa shape index (κ1) is 14.7. The first-order valence-corrected chi connectivity index (χ1v) is 6.98. The molecule has 0 radical (unpaired) electrons. The molecule has 0 saturated heterocycles. The molecule has 0 spiro atoms. The normalized spacial score (nSPS) is 10.4. The van der Waals surface area contributed by atoms with Gasteiger partial charge in [0.25, 0.3) is 0 Å². The molecule has 1 aromatic heterocycles. The molecular formula is C14H11FIN3O. The van der Waals surface area contributed by atoms with E-state index in [2.05, 4.69) is 9.97 Å². The predicted octanol–water partition coefficient (Wildman–Crippen LogP) is 3.55. The lowest BCUT2D eigenvalue weighted by Gasteiger charge is -2.14. The first-order chi connectivity index (χ1) is 9.51. The van der Waals surface area contributed by atoms with Crippen molar-refractivity contribution in [3.05, 3.63) is 39.6 Å². The van der Waals surface area contributed by atoms with Gasteiger partial charge in [0.1, 0.15) is 21.3 Å². The van der Waals surface area contributed by atoms with Crippen molar-refractivity contribution in [1.82, 2.24) is 9.97 Å². The molecule has 4 nitrogen and oxygen atoms in total. The molecule has 20 heavy (non-hydrogen) atoms. The van der Waals surface area contributed by atoms with Gasteiger partial charge >= 0.3 is 0 Å². The van der Waals surface area contributed by atoms with E-state index >= 15 is 0 Å². The number of nitrogens with zero attached hydrogens (tertiary/aromatic N) is 3. The summed E-state index contributed by atoms with van der Waals surface area (Å²) in [6.07, 6.45) is 1.45. The number of nitriles is 1. The van der Waals surface area contributed by atoms with E-state index in [-0.39, 0.29) is 17.6 Å². The monoisotopic (exact) mass is 383 g/mol. The molecule has 1 heterocycles. The van der Waals surface area contributed by atoms with E-state index in [1.54, 1.807) is 12.3 Å². The van der Waals surface area contributed by atoms with Gasteiger partial charge in [-0.15, -0.1) is 0 Å². The molecule has 0 atom stereocenters. The van der Waals surface area contributed by atoms with Crippen LogP contribution >= 0.6 is 22.6 Å². The van der Waals surface area contributed by atoms with Crippen LogP contribution in [0.1, 0.15) is 19.5 Å². The number of halogens is 2. The molecule has 2 aromatic rings. The number of benzene rings is 1. The molecule has 0 unspecified atom stereocenters. The third-order valence-electron chi connectivity index (χ3n) is 2.42. The van der Waals surface area contributed by atoms with Crippen molar-refractivity contribution in [2.24, 2.45) is 0 Å². The molecule has 0 N–H and O–H groups in total. The summed E-state index contributed by atoms with van der Waals surface area (Å²) >= 11 is 1.94. The van der Waals surface area contributed by atoms with Gasteiger partial charge in [-0.3, -0.25) is 0 Å². The fourth-order valence-electron chi connectivity index (χ4n) is 1.63. The highest BCUT2D eigenvalue weighted by Crippen LogP contribution is 2.30. The summed E-state index contributed by atoms with van der Waals surface area (Å²) < 4.78 is 19.5. The van der Waals surface area contributed by atoms with Crippen LogP contribution in [0.25, 0.3) is 11.3 Å². The average Bonchev–Trinajstić information content (AvgIpc) is 2.39. The zero-order chi connectivity index (χ0) is 14.7. The lowest BCUT2D eigenvalue weighted by atomic mass is 10.1. The van der Waals surface area contributed by atoms with E-state index in [1.165, 1.54) is 12.1 Å². The van der Waals surface area contributed by atoms with Crippen LogP contribution in [0.15, 0.2) is 24.4 Å². The van der Waals surface area contributed by atoms with Crippen LogP contribution in [-0.2, 0) is 0 Å². The highest BCUT2D eigenvalue weighted by molar-refractivity contribution is 14.1. The second-order valence-corrected chi connectivity index (χ2v) is 5.34. The van der Waals surface area contributed by atoms with Crippen molar-refractivity contribution in [1.29, 1.82) is 5.26 Å². The largest absolute Gasteiger partial charge is 0.490 e. The topological polar surface area (TPSA) is 58.8 Å². The molecular weight excluding hydrogens is 372 g/mol. The third-order valence-corrected chi connectivity index (χ3v) is 3.21. The van der Waals surface area contributed by atoms with E-state index in [4.69, 9.17) is 10.00 Å². The highest BCUT2D eigenvalue weighted by atomic mass is 127. The van der Waals surface area contributed by atoms with E-state index in [1.807, 2.05) is 42.5 Å². The van der Waals surface area contributed by atoms with Crippen LogP contribution in [0.4, 0.5) is 4.39 Å². The minimum Gasteiger partial charge on any atom is -0.490 e. The Morgan fingerprint density at radius 1 is 1.40 bits per heavy atom. The Morgan fingerprint density at radius 2 is 2.15 bits per heavy atom. The van der Waals surface area contributed by atoms with Gasteiger partial charge in [-0.05, 0) is 48.6 Å². The molecule has 0 amide bonds. The number of aromatic nitrogens is 2. The SMILES string of the molecule is CC(C)Oc1cc(F)ccc1-c1cnc(I)c(C#N)n1. The van der Waals surface area contributed by atoms with Crippen molar-refractivity contribution in [3.63, 3.8) is 0 Å². The quantitative estimate of drug-likeness (QED) is 0.761. The van der Waals surface area contributed by atoms with Gasteiger partial charge in [-0.1, -0.05) is 0 Å². The summed E-state index contributed by atoms with van der Waals surface area (Å²) in [6.45, 7) is 3.71. The molecule has 0 aliphatic rings. The summed E-state index contributed by atoms with van der Waals surface area (Å²) in [5.74, 6) is 0.00257. The van der Waals surface area contributed by atoms with Crippen molar-refractivity contribution in [2.45, 2.75) is 20.0 Å². The fourth-order valence-corrected chi connectivity index (χ4v) is 2.02. The van der Waals surface area contributed by atoms with Crippen molar-refractivity contribution in [2.75, 3.05) is 0 Å². The van der Waals surface area contributed by atoms with E-state index < -0.39 is 0 Å². The summed E-state index contributed by atoms with van der Waals surface area (Å²) in [5, 5.41) is 9.00. The van der Waals surface area contributed by atoms with Crippen LogP contribution in [0, 0.1) is 20.8 Å². The first-order valence-electron chi connectivity index (χ1n) is 5.90. The lowest BCUT2D eigenvalue weighted by molar-refractivity contribution is 0.242. The number of rotatable bonds is 3. The summed E-state index contributed by atoms with van der Waals surface area (Å²) in [7, 11) is 0. The Labute approximate surface area is 129 Å². The smallest absolute Gasteiger partial charge is 0.173 e. The zero-order valence-electron chi connectivity index (χ0n) is 10.9. The maximum atomic E-state index is 13.4. The molecule has 0 bridgehead atoms. The van der Waals surface area contributed by atoms with Gasteiger partial charge in [0.05, 0.1) is 18.0 Å². The van der Waals surface area contributed by atoms with Crippen LogP contribution < -0.4 is 4.74 Å². The molecule has 1 aromatic carbocycles. The molecule has 102 valence electrons. The molecule has 6 heteroatoms. The summed E-state index contributed by atoms with van der Waals surface area (Å²) in [4.78, 5) is 8.35. The van der Waals surface area contributed by atoms with Crippen molar-refractivity contribution >= 4 is 22.6 Å². The van der Waals surface area contributed by atoms with E-state index in [9.17, 15) is 4.39 Å². The number of hydrogen-bond donors (Lipinski definition) is 0. The van der Waals surface area contributed by atoms with Crippen LogP contribution in [-0.4, -0.2) is 16.1 Å². The van der Waals surface area contributed by atoms with Gasteiger partial charge in [-0.25, -0.2) is 14.4 Å². The number of hydrogen-bond acceptors (Lipinski definition) is 4. The van der Waals surface area contributed by atoms with Gasteiger partial charge in [0.15, 0.2) is 5.69 Å². The fraction of sp³-hybridized carbons (Fsp3) is 0.214. The molecule has 0 aliphatic carbocycles. The molecule has 0 aliphatic heterocycles. The Balaban J connectivity index is 2.55. The van der Waals surface area contributed by atoms with Gasteiger partial charge < -0.3 is 4.74 Å². The van der Waals surface area contributed by atoms with Crippen LogP contribution in [0.5, 0.6) is 5.75 Å². The van der Waals surface area contributed by atoms with Crippen LogP contribution in [0.2, 0.25) is 0 Å². The lowest BCUT2D eigenvalue weighted by Crippen LogP contribution is -2.07. The Kier molecular flexibility index (Phi) is 4.49. The predicted molar refractivity (Wildman–Crippen MR) is 80.6 cm³/mol. The van der Waals surface area contributed by atoms with Gasteiger partial charge in [0, 0.05) is 11.6 Å². The Hall–Kier alpha value is -1.75. The minimum atomic E-state index is -0.386. The highest BCUT2D eigenvalue weighted by Gasteiger charge is 2.13. The van der Waals surface area contributed by atoms with Crippen molar-refractivity contribution < 1.29 is 9.13 Å². The van der Waals surface area contributed by atoms with E-state index in [0.29, 0.717) is 20.7 Å². The zero-order valence-corrected chi connectivity index (χ0v) is 13.1. The maximum Gasteiger partial charge on any atom is 0.173 e. The molecule has 0 fully saturated rings. The molecule has 0 saturated carbocycles. The second-order valence-electron chi connectivity index (χ2n) is 4.31. The van der Waals surface area contributed by atoms with Crippen molar-refractivity contribution in [3.8, 4) is 23.1 Å². The number of ether oxygens (including phenoxy) is 1. The summed E-state index contributed by atoms with van der Waals surface area (Å²) in [6, 6.07) is 6.19. The minimum absolute atomic E-state index is 0.0946. The maximum absolute atomic E-state index is 13.4. The Morgan fingerprint density at radius 3 is 2.80 bits per heavy atom. The van der Waals surface area contributed by atoms with Crippen LogP contribution in [0.3, 0.4) is 0 Å². The summed E-state index contributed by atoms with van der Waals surface area (Å²) in [5.41, 5.74) is 1.33.